The highest BCUT2D eigenvalue weighted by atomic mass is 16.6. The fourth-order valence-corrected chi connectivity index (χ4v) is 8.02. The van der Waals surface area contributed by atoms with Crippen molar-refractivity contribution in [3.63, 3.8) is 0 Å². The van der Waals surface area contributed by atoms with Crippen LogP contribution in [0.5, 0.6) is 0 Å². The van der Waals surface area contributed by atoms with Crippen LogP contribution < -0.4 is 0 Å². The molecule has 12 nitrogen and oxygen atoms in total. The molecule has 0 amide bonds. The Balaban J connectivity index is 0.915. The second kappa shape index (κ2) is 19.8. The molecule has 12 heteroatoms. The Bertz CT molecular complexity index is 884. The number of ether oxygens (including phenoxy) is 12. The molecule has 12 unspecified atom stereocenters. The molecule has 8 rings (SSSR count). The highest BCUT2D eigenvalue weighted by Gasteiger charge is 2.38. The maximum Gasteiger partial charge on any atom is 0.0813 e. The Morgan fingerprint density at radius 2 is 0.547 bits per heavy atom. The molecule has 0 radical (unpaired) electrons. The number of hydrogen-bond acceptors (Lipinski definition) is 12. The van der Waals surface area contributed by atoms with Crippen molar-refractivity contribution >= 4 is 0 Å². The third-order valence-corrected chi connectivity index (χ3v) is 12.2. The first-order valence-electron chi connectivity index (χ1n) is 21.3. The van der Waals surface area contributed by atoms with Crippen molar-refractivity contribution in [2.75, 3.05) is 106 Å². The van der Waals surface area contributed by atoms with Crippen molar-refractivity contribution in [1.82, 2.24) is 0 Å². The first-order chi connectivity index (χ1) is 26.1. The molecular formula is C41H68O12. The summed E-state index contributed by atoms with van der Waals surface area (Å²) in [6, 6.07) is 0. The van der Waals surface area contributed by atoms with Crippen molar-refractivity contribution in [1.29, 1.82) is 0 Å². The second-order valence-electron chi connectivity index (χ2n) is 17.9. The van der Waals surface area contributed by atoms with Crippen LogP contribution in [0.15, 0.2) is 0 Å². The van der Waals surface area contributed by atoms with Crippen LogP contribution in [0.4, 0.5) is 0 Å². The van der Waals surface area contributed by atoms with Crippen LogP contribution in [-0.4, -0.2) is 155 Å². The summed E-state index contributed by atoms with van der Waals surface area (Å²) in [5.74, 6) is 1.78. The van der Waals surface area contributed by atoms with Crippen LogP contribution in [0.2, 0.25) is 0 Å². The lowest BCUT2D eigenvalue weighted by atomic mass is 9.90. The van der Waals surface area contributed by atoms with Crippen molar-refractivity contribution < 1.29 is 56.8 Å². The van der Waals surface area contributed by atoms with Gasteiger partial charge in [0, 0.05) is 26.4 Å². The van der Waals surface area contributed by atoms with Crippen LogP contribution in [0, 0.1) is 29.1 Å². The fraction of sp³-hybridized carbons (Fsp3) is 1.00. The molecular weight excluding hydrogens is 684 g/mol. The molecule has 0 N–H and O–H groups in total. The van der Waals surface area contributed by atoms with Gasteiger partial charge in [-0.3, -0.25) is 0 Å². The summed E-state index contributed by atoms with van der Waals surface area (Å²) in [5, 5.41) is 0. The molecule has 8 heterocycles. The van der Waals surface area contributed by atoms with Gasteiger partial charge in [0.05, 0.1) is 134 Å². The van der Waals surface area contributed by atoms with E-state index in [1.807, 2.05) is 0 Å². The van der Waals surface area contributed by atoms with Crippen LogP contribution in [0.3, 0.4) is 0 Å². The minimum absolute atomic E-state index is 0.374. The lowest BCUT2D eigenvalue weighted by Gasteiger charge is -2.35. The van der Waals surface area contributed by atoms with E-state index >= 15 is 0 Å². The summed E-state index contributed by atoms with van der Waals surface area (Å²) < 4.78 is 71.8. The summed E-state index contributed by atoms with van der Waals surface area (Å²) >= 11 is 0. The average molecular weight is 753 g/mol. The van der Waals surface area contributed by atoms with Crippen LogP contribution in [0.1, 0.15) is 77.0 Å². The molecule has 12 atom stereocenters. The quantitative estimate of drug-likeness (QED) is 0.0841. The van der Waals surface area contributed by atoms with E-state index in [0.29, 0.717) is 125 Å². The fourth-order valence-electron chi connectivity index (χ4n) is 8.02. The molecule has 8 aliphatic heterocycles. The molecule has 0 aromatic carbocycles. The number of hydrogen-bond donors (Lipinski definition) is 0. The molecule has 304 valence electrons. The zero-order valence-electron chi connectivity index (χ0n) is 32.1. The van der Waals surface area contributed by atoms with Gasteiger partial charge < -0.3 is 56.8 Å². The summed E-state index contributed by atoms with van der Waals surface area (Å²) in [6.45, 7) is 12.0. The SMILES string of the molecule is C(CC1CO1)C(COCC(COCC(CCC1CO1)CC1CO1)(COCC(CCC1CO1)CC1CO1)COCC(CCC1CO1)CC1CO1)CC1CO1. The Kier molecular flexibility index (Phi) is 14.7. The maximum atomic E-state index is 6.75. The third kappa shape index (κ3) is 16.5. The smallest absolute Gasteiger partial charge is 0.0813 e. The van der Waals surface area contributed by atoms with E-state index in [1.54, 1.807) is 0 Å². The zero-order valence-corrected chi connectivity index (χ0v) is 32.1. The molecule has 8 saturated heterocycles. The predicted octanol–water partition coefficient (Wildman–Crippen LogP) is 4.38. The predicted molar refractivity (Wildman–Crippen MR) is 193 cm³/mol. The van der Waals surface area contributed by atoms with Crippen LogP contribution >= 0.6 is 0 Å². The van der Waals surface area contributed by atoms with Crippen molar-refractivity contribution in [3.8, 4) is 0 Å². The first-order valence-corrected chi connectivity index (χ1v) is 21.3. The Morgan fingerprint density at radius 1 is 0.340 bits per heavy atom. The molecule has 0 spiro atoms. The van der Waals surface area contributed by atoms with Gasteiger partial charge in [0.1, 0.15) is 0 Å². The highest BCUT2D eigenvalue weighted by Crippen LogP contribution is 2.33. The molecule has 0 bridgehead atoms. The van der Waals surface area contributed by atoms with Crippen LogP contribution in [0.25, 0.3) is 0 Å². The minimum atomic E-state index is -0.444. The molecule has 0 aromatic rings. The van der Waals surface area contributed by atoms with E-state index in [2.05, 4.69) is 0 Å². The summed E-state index contributed by atoms with van der Waals surface area (Å²) in [5.41, 5.74) is -0.444. The third-order valence-electron chi connectivity index (χ3n) is 12.2. The van der Waals surface area contributed by atoms with Crippen molar-refractivity contribution in [3.05, 3.63) is 0 Å². The molecule has 8 fully saturated rings. The molecule has 0 aromatic heterocycles. The normalized spacial score (nSPS) is 34.9. The van der Waals surface area contributed by atoms with Gasteiger partial charge in [0.2, 0.25) is 0 Å². The lowest BCUT2D eigenvalue weighted by Crippen LogP contribution is -2.43. The van der Waals surface area contributed by atoms with Gasteiger partial charge in [-0.25, -0.2) is 0 Å². The molecule has 8 aliphatic rings. The van der Waals surface area contributed by atoms with Gasteiger partial charge in [0.15, 0.2) is 0 Å². The van der Waals surface area contributed by atoms with E-state index in [9.17, 15) is 0 Å². The highest BCUT2D eigenvalue weighted by molar-refractivity contribution is 4.85. The van der Waals surface area contributed by atoms with E-state index in [1.165, 1.54) is 0 Å². The molecule has 0 saturated carbocycles. The van der Waals surface area contributed by atoms with Crippen LogP contribution in [-0.2, 0) is 56.8 Å². The van der Waals surface area contributed by atoms with Gasteiger partial charge in [-0.15, -0.1) is 0 Å². The van der Waals surface area contributed by atoms with E-state index in [0.717, 1.165) is 130 Å². The first kappa shape index (κ1) is 39.4. The maximum absolute atomic E-state index is 6.75. The topological polar surface area (TPSA) is 137 Å². The molecule has 0 aliphatic carbocycles. The van der Waals surface area contributed by atoms with Gasteiger partial charge in [-0.1, -0.05) is 0 Å². The zero-order chi connectivity index (χ0) is 35.7. The number of rotatable bonds is 36. The van der Waals surface area contributed by atoms with Gasteiger partial charge in [0.25, 0.3) is 0 Å². The second-order valence-corrected chi connectivity index (χ2v) is 17.9. The van der Waals surface area contributed by atoms with Crippen molar-refractivity contribution in [2.24, 2.45) is 29.1 Å². The van der Waals surface area contributed by atoms with E-state index in [4.69, 9.17) is 56.8 Å². The molecule has 53 heavy (non-hydrogen) atoms. The summed E-state index contributed by atoms with van der Waals surface area (Å²) in [6.07, 6.45) is 16.1. The van der Waals surface area contributed by atoms with E-state index < -0.39 is 5.41 Å². The van der Waals surface area contributed by atoms with Gasteiger partial charge >= 0.3 is 0 Å². The van der Waals surface area contributed by atoms with Gasteiger partial charge in [-0.2, -0.15) is 0 Å². The van der Waals surface area contributed by atoms with E-state index in [-0.39, 0.29) is 0 Å². The summed E-state index contributed by atoms with van der Waals surface area (Å²) in [4.78, 5) is 0. The average Bonchev–Trinajstić information content (AvgIpc) is 3.97. The minimum Gasteiger partial charge on any atom is -0.380 e. The Hall–Kier alpha value is -0.480. The summed E-state index contributed by atoms with van der Waals surface area (Å²) in [7, 11) is 0. The number of epoxide rings is 8. The van der Waals surface area contributed by atoms with Gasteiger partial charge in [-0.05, 0) is 101 Å². The lowest BCUT2D eigenvalue weighted by molar-refractivity contribution is -0.121. The van der Waals surface area contributed by atoms with Crippen molar-refractivity contribution in [2.45, 2.75) is 126 Å². The standard InChI is InChI=1S/C41H68O12/c1(5-33-17-46-33)29(9-37-21-50-37)13-42-25-41(26-43-14-30(10-38-22-51-38)2-6-34-18-47-34,27-44-15-31(11-39-23-52-39)3-7-35-19-48-35)28-45-16-32(12-40-24-53-40)4-8-36-20-49-36/h29-40H,1-28H2. The Morgan fingerprint density at radius 3 is 0.736 bits per heavy atom. The monoisotopic (exact) mass is 752 g/mol. The Labute approximate surface area is 317 Å². The largest absolute Gasteiger partial charge is 0.380 e.